The quantitative estimate of drug-likeness (QED) is 0.856. The van der Waals surface area contributed by atoms with Gasteiger partial charge in [0.15, 0.2) is 0 Å². The van der Waals surface area contributed by atoms with Crippen molar-refractivity contribution < 1.29 is 18.4 Å². The van der Waals surface area contributed by atoms with Crippen molar-refractivity contribution in [3.63, 3.8) is 0 Å². The van der Waals surface area contributed by atoms with Crippen LogP contribution in [0.4, 0.5) is 8.78 Å². The third kappa shape index (κ3) is 3.75. The predicted octanol–water partition coefficient (Wildman–Crippen LogP) is 0.644. The molecular formula is C14H17F2N3O2. The van der Waals surface area contributed by atoms with Gasteiger partial charge in [0.1, 0.15) is 11.6 Å². The molecule has 114 valence electrons. The number of rotatable bonds is 4. The van der Waals surface area contributed by atoms with Crippen molar-refractivity contribution in [3.05, 3.63) is 35.4 Å². The van der Waals surface area contributed by atoms with Crippen LogP contribution in [0.25, 0.3) is 0 Å². The van der Waals surface area contributed by atoms with Gasteiger partial charge in [0.05, 0.1) is 12.1 Å². The minimum absolute atomic E-state index is 0.185. The summed E-state index contributed by atoms with van der Waals surface area (Å²) in [6, 6.07) is 2.57. The second-order valence-corrected chi connectivity index (χ2v) is 5.00. The first-order chi connectivity index (χ1) is 9.99. The Kier molecular flexibility index (Phi) is 4.85. The van der Waals surface area contributed by atoms with Crippen LogP contribution in [0.1, 0.15) is 23.2 Å². The van der Waals surface area contributed by atoms with Crippen LogP contribution in [0, 0.1) is 11.6 Å². The fraction of sp³-hybridized carbons (Fsp3) is 0.429. The second kappa shape index (κ2) is 6.62. The molecule has 1 aliphatic heterocycles. The molecule has 0 aliphatic carbocycles. The third-order valence-electron chi connectivity index (χ3n) is 3.50. The molecule has 0 spiro atoms. The van der Waals surface area contributed by atoms with Gasteiger partial charge in [-0.05, 0) is 38.1 Å². The number of hydrogen-bond acceptors (Lipinski definition) is 3. The van der Waals surface area contributed by atoms with Crippen LogP contribution in [0.5, 0.6) is 0 Å². The summed E-state index contributed by atoms with van der Waals surface area (Å²) in [5.41, 5.74) is 4.92. The third-order valence-corrected chi connectivity index (χ3v) is 3.50. The van der Waals surface area contributed by atoms with E-state index in [-0.39, 0.29) is 18.2 Å². The molecule has 3 N–H and O–H groups in total. The van der Waals surface area contributed by atoms with E-state index in [0.29, 0.717) is 32.0 Å². The Bertz CT molecular complexity index is 545. The summed E-state index contributed by atoms with van der Waals surface area (Å²) in [5.74, 6) is -3.00. The zero-order chi connectivity index (χ0) is 15.4. The van der Waals surface area contributed by atoms with E-state index < -0.39 is 23.4 Å². The second-order valence-electron chi connectivity index (χ2n) is 5.00. The van der Waals surface area contributed by atoms with Crippen molar-refractivity contribution in [3.8, 4) is 0 Å². The highest BCUT2D eigenvalue weighted by Gasteiger charge is 2.28. The minimum atomic E-state index is -0.941. The Hall–Kier alpha value is -2.02. The number of benzene rings is 1. The molecule has 2 amide bonds. The summed E-state index contributed by atoms with van der Waals surface area (Å²) >= 11 is 0. The SMILES string of the molecule is NC(=O)CN(C(=O)c1ccc(F)cc1F)C1CCNCC1. The summed E-state index contributed by atoms with van der Waals surface area (Å²) in [5, 5.41) is 3.14. The summed E-state index contributed by atoms with van der Waals surface area (Å²) in [4.78, 5) is 24.9. The maximum Gasteiger partial charge on any atom is 0.257 e. The van der Waals surface area contributed by atoms with Gasteiger partial charge in [0.2, 0.25) is 5.91 Å². The van der Waals surface area contributed by atoms with Gasteiger partial charge in [-0.1, -0.05) is 0 Å². The maximum atomic E-state index is 13.7. The molecule has 7 heteroatoms. The van der Waals surface area contributed by atoms with Crippen LogP contribution >= 0.6 is 0 Å². The van der Waals surface area contributed by atoms with Gasteiger partial charge in [-0.2, -0.15) is 0 Å². The van der Waals surface area contributed by atoms with Crippen LogP contribution in [-0.2, 0) is 4.79 Å². The van der Waals surface area contributed by atoms with Crippen LogP contribution in [0.3, 0.4) is 0 Å². The molecule has 2 rings (SSSR count). The predicted molar refractivity (Wildman–Crippen MR) is 72.5 cm³/mol. The first-order valence-electron chi connectivity index (χ1n) is 6.74. The summed E-state index contributed by atoms with van der Waals surface area (Å²) in [6.45, 7) is 1.14. The largest absolute Gasteiger partial charge is 0.368 e. The molecule has 0 unspecified atom stereocenters. The van der Waals surface area contributed by atoms with Crippen molar-refractivity contribution in [1.82, 2.24) is 10.2 Å². The smallest absolute Gasteiger partial charge is 0.257 e. The van der Waals surface area contributed by atoms with Crippen molar-refractivity contribution in [1.29, 1.82) is 0 Å². The maximum absolute atomic E-state index is 13.7. The molecule has 0 atom stereocenters. The first-order valence-corrected chi connectivity index (χ1v) is 6.74. The lowest BCUT2D eigenvalue weighted by Crippen LogP contribution is -2.49. The molecule has 5 nitrogen and oxygen atoms in total. The molecule has 21 heavy (non-hydrogen) atoms. The van der Waals surface area contributed by atoms with Crippen molar-refractivity contribution in [2.75, 3.05) is 19.6 Å². The highest BCUT2D eigenvalue weighted by molar-refractivity contribution is 5.96. The Morgan fingerprint density at radius 3 is 2.52 bits per heavy atom. The monoisotopic (exact) mass is 297 g/mol. The fourth-order valence-corrected chi connectivity index (χ4v) is 2.47. The molecule has 1 fully saturated rings. The minimum Gasteiger partial charge on any atom is -0.368 e. The molecule has 0 saturated carbocycles. The Balaban J connectivity index is 2.26. The summed E-state index contributed by atoms with van der Waals surface area (Å²) in [6.07, 6.45) is 1.31. The number of nitrogens with two attached hydrogens (primary N) is 1. The number of carbonyl (C=O) groups excluding carboxylic acids is 2. The average Bonchev–Trinajstić information content (AvgIpc) is 2.45. The summed E-state index contributed by atoms with van der Waals surface area (Å²) < 4.78 is 26.7. The average molecular weight is 297 g/mol. The lowest BCUT2D eigenvalue weighted by atomic mass is 10.0. The highest BCUT2D eigenvalue weighted by atomic mass is 19.1. The van der Waals surface area contributed by atoms with E-state index in [1.54, 1.807) is 0 Å². The molecule has 1 aromatic rings. The van der Waals surface area contributed by atoms with E-state index in [0.717, 1.165) is 12.1 Å². The number of piperidine rings is 1. The normalized spacial score (nSPS) is 15.7. The number of carbonyl (C=O) groups is 2. The van der Waals surface area contributed by atoms with Gasteiger partial charge in [0, 0.05) is 12.1 Å². The molecule has 0 aromatic heterocycles. The molecule has 1 aliphatic rings. The van der Waals surface area contributed by atoms with Crippen molar-refractivity contribution in [2.45, 2.75) is 18.9 Å². The van der Waals surface area contributed by atoms with Gasteiger partial charge >= 0.3 is 0 Å². The fourth-order valence-electron chi connectivity index (χ4n) is 2.47. The Labute approximate surface area is 121 Å². The van der Waals surface area contributed by atoms with E-state index in [1.165, 1.54) is 4.90 Å². The number of nitrogens with zero attached hydrogens (tertiary/aromatic N) is 1. The van der Waals surface area contributed by atoms with Gasteiger partial charge in [-0.3, -0.25) is 9.59 Å². The number of nitrogens with one attached hydrogen (secondary N) is 1. The van der Waals surface area contributed by atoms with E-state index in [4.69, 9.17) is 5.73 Å². The standard InChI is InChI=1S/C14H17F2N3O2/c15-9-1-2-11(12(16)7-9)14(21)19(8-13(17)20)10-3-5-18-6-4-10/h1-2,7,10,18H,3-6,8H2,(H2,17,20). The van der Waals surface area contributed by atoms with Gasteiger partial charge < -0.3 is 16.0 Å². The van der Waals surface area contributed by atoms with Crippen LogP contribution < -0.4 is 11.1 Å². The highest BCUT2D eigenvalue weighted by Crippen LogP contribution is 2.18. The van der Waals surface area contributed by atoms with E-state index in [9.17, 15) is 18.4 Å². The van der Waals surface area contributed by atoms with Crippen molar-refractivity contribution in [2.24, 2.45) is 5.73 Å². The van der Waals surface area contributed by atoms with Crippen LogP contribution in [-0.4, -0.2) is 42.4 Å². The molecule has 1 saturated heterocycles. The van der Waals surface area contributed by atoms with Gasteiger partial charge in [0.25, 0.3) is 5.91 Å². The number of amides is 2. The molecule has 0 bridgehead atoms. The Morgan fingerprint density at radius 2 is 1.95 bits per heavy atom. The zero-order valence-corrected chi connectivity index (χ0v) is 11.4. The number of primary amides is 1. The molecule has 1 aromatic carbocycles. The van der Waals surface area contributed by atoms with Gasteiger partial charge in [-0.15, -0.1) is 0 Å². The van der Waals surface area contributed by atoms with E-state index in [1.807, 2.05) is 0 Å². The van der Waals surface area contributed by atoms with E-state index >= 15 is 0 Å². The van der Waals surface area contributed by atoms with Crippen LogP contribution in [0.15, 0.2) is 18.2 Å². The molecular weight excluding hydrogens is 280 g/mol. The Morgan fingerprint density at radius 1 is 1.29 bits per heavy atom. The zero-order valence-electron chi connectivity index (χ0n) is 11.4. The van der Waals surface area contributed by atoms with Gasteiger partial charge in [-0.25, -0.2) is 8.78 Å². The van der Waals surface area contributed by atoms with Crippen molar-refractivity contribution >= 4 is 11.8 Å². The molecule has 1 heterocycles. The van der Waals surface area contributed by atoms with E-state index in [2.05, 4.69) is 5.32 Å². The molecule has 0 radical (unpaired) electrons. The lowest BCUT2D eigenvalue weighted by molar-refractivity contribution is -0.119. The van der Waals surface area contributed by atoms with Crippen LogP contribution in [0.2, 0.25) is 0 Å². The lowest BCUT2D eigenvalue weighted by Gasteiger charge is -2.34. The first kappa shape index (κ1) is 15.4. The summed E-state index contributed by atoms with van der Waals surface area (Å²) in [7, 11) is 0. The topological polar surface area (TPSA) is 75.4 Å². The number of halogens is 2. The number of hydrogen-bond donors (Lipinski definition) is 2.